The fourth-order valence-electron chi connectivity index (χ4n) is 1.89. The molecule has 0 aliphatic carbocycles. The standard InChI is InChI=1S/C15H14ClIN2O/c1-8-5-9(2)13(18)7-11(8)15(20)19-14-4-3-10(17)6-12(14)16/h3-7H,18H2,1-2H3,(H,19,20). The Morgan fingerprint density at radius 1 is 1.20 bits per heavy atom. The smallest absolute Gasteiger partial charge is 0.256 e. The van der Waals surface area contributed by atoms with Gasteiger partial charge in [0.2, 0.25) is 0 Å². The molecule has 3 N–H and O–H groups in total. The summed E-state index contributed by atoms with van der Waals surface area (Å²) in [7, 11) is 0. The molecule has 0 unspecified atom stereocenters. The van der Waals surface area contributed by atoms with E-state index >= 15 is 0 Å². The van der Waals surface area contributed by atoms with Gasteiger partial charge in [0.15, 0.2) is 0 Å². The van der Waals surface area contributed by atoms with Gasteiger partial charge in [-0.25, -0.2) is 0 Å². The van der Waals surface area contributed by atoms with Crippen molar-refractivity contribution in [1.29, 1.82) is 0 Å². The van der Waals surface area contributed by atoms with Crippen molar-refractivity contribution in [2.75, 3.05) is 11.1 Å². The molecule has 0 radical (unpaired) electrons. The molecule has 2 aromatic carbocycles. The second-order valence-electron chi connectivity index (χ2n) is 4.60. The minimum Gasteiger partial charge on any atom is -0.398 e. The number of carbonyl (C=O) groups excluding carboxylic acids is 1. The first-order chi connectivity index (χ1) is 9.38. The van der Waals surface area contributed by atoms with Gasteiger partial charge in [-0.1, -0.05) is 17.7 Å². The predicted octanol–water partition coefficient (Wildman–Crippen LogP) is 4.40. The maximum Gasteiger partial charge on any atom is 0.256 e. The summed E-state index contributed by atoms with van der Waals surface area (Å²) in [6.07, 6.45) is 0. The molecule has 20 heavy (non-hydrogen) atoms. The lowest BCUT2D eigenvalue weighted by Crippen LogP contribution is -2.14. The molecule has 104 valence electrons. The van der Waals surface area contributed by atoms with Crippen molar-refractivity contribution in [1.82, 2.24) is 0 Å². The number of benzene rings is 2. The van der Waals surface area contributed by atoms with Gasteiger partial charge in [-0.05, 0) is 71.8 Å². The number of nitrogens with one attached hydrogen (secondary N) is 1. The molecule has 0 fully saturated rings. The first-order valence-corrected chi connectivity index (χ1v) is 7.47. The van der Waals surface area contributed by atoms with Crippen molar-refractivity contribution < 1.29 is 4.79 Å². The Hall–Kier alpha value is -1.27. The normalized spacial score (nSPS) is 10.4. The molecule has 0 spiro atoms. The lowest BCUT2D eigenvalue weighted by molar-refractivity contribution is 0.102. The van der Waals surface area contributed by atoms with Gasteiger partial charge < -0.3 is 11.1 Å². The van der Waals surface area contributed by atoms with Gasteiger partial charge >= 0.3 is 0 Å². The maximum atomic E-state index is 12.3. The highest BCUT2D eigenvalue weighted by molar-refractivity contribution is 14.1. The Bertz CT molecular complexity index is 686. The van der Waals surface area contributed by atoms with Crippen LogP contribution in [0.25, 0.3) is 0 Å². The number of anilines is 2. The number of amides is 1. The summed E-state index contributed by atoms with van der Waals surface area (Å²) in [5, 5.41) is 3.33. The largest absolute Gasteiger partial charge is 0.398 e. The van der Waals surface area contributed by atoms with Crippen LogP contribution >= 0.6 is 34.2 Å². The van der Waals surface area contributed by atoms with E-state index in [9.17, 15) is 4.79 Å². The summed E-state index contributed by atoms with van der Waals surface area (Å²) >= 11 is 8.28. The fraction of sp³-hybridized carbons (Fsp3) is 0.133. The van der Waals surface area contributed by atoms with Crippen molar-refractivity contribution in [3.63, 3.8) is 0 Å². The third-order valence-electron chi connectivity index (χ3n) is 3.04. The summed E-state index contributed by atoms with van der Waals surface area (Å²) < 4.78 is 1.02. The molecule has 0 saturated carbocycles. The average Bonchev–Trinajstić information content (AvgIpc) is 2.37. The molecule has 2 rings (SSSR count). The molecule has 5 heteroatoms. The number of hydrogen-bond acceptors (Lipinski definition) is 2. The minimum atomic E-state index is -0.211. The van der Waals surface area contributed by atoms with Crippen LogP contribution in [0.1, 0.15) is 21.5 Å². The molecule has 0 aliphatic heterocycles. The second kappa shape index (κ2) is 6.01. The van der Waals surface area contributed by atoms with Crippen molar-refractivity contribution in [2.45, 2.75) is 13.8 Å². The fourth-order valence-corrected chi connectivity index (χ4v) is 2.80. The van der Waals surface area contributed by atoms with E-state index in [1.165, 1.54) is 0 Å². The van der Waals surface area contributed by atoms with Crippen LogP contribution in [0.2, 0.25) is 5.02 Å². The number of nitrogens with two attached hydrogens (primary N) is 1. The Morgan fingerprint density at radius 2 is 1.90 bits per heavy atom. The molecule has 2 aromatic rings. The van der Waals surface area contributed by atoms with Crippen molar-refractivity contribution in [2.24, 2.45) is 0 Å². The number of hydrogen-bond donors (Lipinski definition) is 2. The first-order valence-electron chi connectivity index (χ1n) is 6.01. The van der Waals surface area contributed by atoms with Crippen LogP contribution in [0.5, 0.6) is 0 Å². The molecular formula is C15H14ClIN2O. The van der Waals surface area contributed by atoms with Gasteiger partial charge in [0.05, 0.1) is 10.7 Å². The van der Waals surface area contributed by atoms with Crippen LogP contribution in [0.3, 0.4) is 0 Å². The average molecular weight is 401 g/mol. The second-order valence-corrected chi connectivity index (χ2v) is 6.25. The van der Waals surface area contributed by atoms with Crippen LogP contribution in [0.15, 0.2) is 30.3 Å². The third kappa shape index (κ3) is 3.24. The molecular weight excluding hydrogens is 387 g/mol. The summed E-state index contributed by atoms with van der Waals surface area (Å²) in [4.78, 5) is 12.3. The molecule has 0 heterocycles. The van der Waals surface area contributed by atoms with E-state index in [0.29, 0.717) is 22.0 Å². The number of nitrogen functional groups attached to an aromatic ring is 1. The van der Waals surface area contributed by atoms with Crippen LogP contribution < -0.4 is 11.1 Å². The Kier molecular flexibility index (Phi) is 4.55. The number of aryl methyl sites for hydroxylation is 2. The van der Waals surface area contributed by atoms with Gasteiger partial charge in [-0.15, -0.1) is 0 Å². The molecule has 0 saturated heterocycles. The zero-order valence-corrected chi connectivity index (χ0v) is 14.0. The van der Waals surface area contributed by atoms with Crippen molar-refractivity contribution >= 4 is 51.5 Å². The van der Waals surface area contributed by atoms with Crippen LogP contribution in [0, 0.1) is 17.4 Å². The van der Waals surface area contributed by atoms with Gasteiger partial charge in [0.1, 0.15) is 0 Å². The van der Waals surface area contributed by atoms with Gasteiger partial charge in [-0.2, -0.15) is 0 Å². The summed E-state index contributed by atoms with van der Waals surface area (Å²) in [6.45, 7) is 3.80. The lowest BCUT2D eigenvalue weighted by atomic mass is 10.0. The number of rotatable bonds is 2. The highest BCUT2D eigenvalue weighted by Gasteiger charge is 2.12. The lowest BCUT2D eigenvalue weighted by Gasteiger charge is -2.11. The van der Waals surface area contributed by atoms with E-state index in [2.05, 4.69) is 27.9 Å². The molecule has 0 aromatic heterocycles. The monoisotopic (exact) mass is 400 g/mol. The maximum absolute atomic E-state index is 12.3. The Labute approximate surface area is 136 Å². The van der Waals surface area contributed by atoms with E-state index in [-0.39, 0.29) is 5.91 Å². The molecule has 0 aliphatic rings. The van der Waals surface area contributed by atoms with Crippen LogP contribution in [-0.4, -0.2) is 5.91 Å². The van der Waals surface area contributed by atoms with E-state index in [1.807, 2.05) is 26.0 Å². The zero-order valence-electron chi connectivity index (χ0n) is 11.1. The Balaban J connectivity index is 2.31. The highest BCUT2D eigenvalue weighted by atomic mass is 127. The quantitative estimate of drug-likeness (QED) is 0.580. The SMILES string of the molecule is Cc1cc(C)c(C(=O)Nc2ccc(I)cc2Cl)cc1N. The van der Waals surface area contributed by atoms with Crippen molar-refractivity contribution in [3.05, 3.63) is 55.6 Å². The van der Waals surface area contributed by atoms with E-state index in [1.54, 1.807) is 18.2 Å². The van der Waals surface area contributed by atoms with Crippen LogP contribution in [0.4, 0.5) is 11.4 Å². The van der Waals surface area contributed by atoms with Gasteiger partial charge in [-0.3, -0.25) is 4.79 Å². The Morgan fingerprint density at radius 3 is 2.55 bits per heavy atom. The molecule has 0 atom stereocenters. The highest BCUT2D eigenvalue weighted by Crippen LogP contribution is 2.25. The molecule has 3 nitrogen and oxygen atoms in total. The van der Waals surface area contributed by atoms with Crippen molar-refractivity contribution in [3.8, 4) is 0 Å². The van der Waals surface area contributed by atoms with E-state index in [4.69, 9.17) is 17.3 Å². The summed E-state index contributed by atoms with van der Waals surface area (Å²) in [6, 6.07) is 9.07. The van der Waals surface area contributed by atoms with Crippen LogP contribution in [-0.2, 0) is 0 Å². The zero-order chi connectivity index (χ0) is 14.9. The molecule has 1 amide bonds. The molecule has 0 bridgehead atoms. The number of halogens is 2. The summed E-state index contributed by atoms with van der Waals surface area (Å²) in [5.74, 6) is -0.211. The van der Waals surface area contributed by atoms with Gasteiger partial charge in [0.25, 0.3) is 5.91 Å². The minimum absolute atomic E-state index is 0.211. The van der Waals surface area contributed by atoms with E-state index < -0.39 is 0 Å². The first kappa shape index (κ1) is 15.1. The predicted molar refractivity (Wildman–Crippen MR) is 92.5 cm³/mol. The van der Waals surface area contributed by atoms with E-state index in [0.717, 1.165) is 14.7 Å². The third-order valence-corrected chi connectivity index (χ3v) is 4.02. The topological polar surface area (TPSA) is 55.1 Å². The number of carbonyl (C=O) groups is 1. The summed E-state index contributed by atoms with van der Waals surface area (Å²) in [5.41, 5.74) is 9.47. The van der Waals surface area contributed by atoms with Gasteiger partial charge in [0, 0.05) is 14.8 Å².